The third kappa shape index (κ3) is 8.08. The zero-order valence-electron chi connectivity index (χ0n) is 19.6. The number of hydrogen-bond acceptors (Lipinski definition) is 3. The molecule has 0 spiro atoms. The van der Waals surface area contributed by atoms with Crippen molar-refractivity contribution in [2.24, 2.45) is 9.98 Å². The molecule has 3 nitrogen and oxygen atoms in total. The van der Waals surface area contributed by atoms with Gasteiger partial charge in [0.1, 0.15) is 0 Å². The molecule has 0 atom stereocenters. The number of aliphatic imine (C=N–C) groups is 2. The van der Waals surface area contributed by atoms with E-state index in [2.05, 4.69) is 64.1 Å². The Morgan fingerprint density at radius 2 is 0.879 bits per heavy atom. The van der Waals surface area contributed by atoms with Crippen molar-refractivity contribution >= 4 is 23.8 Å². The zero-order valence-corrected chi connectivity index (χ0v) is 22.2. The molecule has 0 aliphatic carbocycles. The van der Waals surface area contributed by atoms with Gasteiger partial charge in [0.15, 0.2) is 0 Å². The summed E-state index contributed by atoms with van der Waals surface area (Å²) in [5.41, 5.74) is 8.91. The molecule has 33 heavy (non-hydrogen) atoms. The Morgan fingerprint density at radius 3 is 1.18 bits per heavy atom. The van der Waals surface area contributed by atoms with E-state index in [0.717, 1.165) is 48.4 Å². The quantitative estimate of drug-likeness (QED) is 0.318. The van der Waals surface area contributed by atoms with Crippen LogP contribution in [0.5, 0.6) is 0 Å². The van der Waals surface area contributed by atoms with Gasteiger partial charge in [-0.05, 0) is 60.1 Å². The summed E-state index contributed by atoms with van der Waals surface area (Å²) < 4.78 is 0. The Bertz CT molecular complexity index is 940. The fraction of sp³-hybridized carbons (Fsp3) is 0.296. The summed E-state index contributed by atoms with van der Waals surface area (Å²) in [5, 5.41) is 0. The van der Waals surface area contributed by atoms with Crippen LogP contribution in [-0.2, 0) is 42.8 Å². The van der Waals surface area contributed by atoms with Crippen LogP contribution in [0.4, 0.5) is 11.4 Å². The summed E-state index contributed by atoms with van der Waals surface area (Å²) >= 11 is 0. The van der Waals surface area contributed by atoms with Gasteiger partial charge in [-0.1, -0.05) is 70.2 Å². The Kier molecular flexibility index (Phi) is 14.9. The van der Waals surface area contributed by atoms with Crippen molar-refractivity contribution in [1.29, 1.82) is 0 Å². The van der Waals surface area contributed by atoms with Gasteiger partial charge in [0.2, 0.25) is 0 Å². The Labute approximate surface area is 221 Å². The van der Waals surface area contributed by atoms with E-state index in [0.29, 0.717) is 0 Å². The third-order valence-electron chi connectivity index (χ3n) is 5.37. The van der Waals surface area contributed by atoms with Crippen LogP contribution in [0.3, 0.4) is 0 Å². The van der Waals surface area contributed by atoms with Crippen molar-refractivity contribution in [1.82, 2.24) is 4.98 Å². The van der Waals surface area contributed by atoms with Crippen LogP contribution < -0.4 is 24.8 Å². The van der Waals surface area contributed by atoms with Gasteiger partial charge in [-0.2, -0.15) is 0 Å². The predicted molar refractivity (Wildman–Crippen MR) is 129 cm³/mol. The Morgan fingerprint density at radius 1 is 0.576 bits per heavy atom. The zero-order chi connectivity index (χ0) is 21.3. The van der Waals surface area contributed by atoms with Crippen molar-refractivity contribution < 1.29 is 41.9 Å². The van der Waals surface area contributed by atoms with Gasteiger partial charge in [0.05, 0.1) is 35.2 Å². The molecule has 0 fully saturated rings. The molecule has 0 unspecified atom stereocenters. The van der Waals surface area contributed by atoms with Crippen LogP contribution in [0, 0.1) is 0 Å². The van der Waals surface area contributed by atoms with Crippen molar-refractivity contribution in [2.45, 2.75) is 53.4 Å². The second-order valence-corrected chi connectivity index (χ2v) is 7.27. The molecule has 3 rings (SSSR count). The topological polar surface area (TPSA) is 37.6 Å². The molecule has 0 saturated heterocycles. The number of hydrogen-bond donors (Lipinski definition) is 0. The van der Waals surface area contributed by atoms with Crippen LogP contribution in [-0.4, -0.2) is 17.4 Å². The average Bonchev–Trinajstić information content (AvgIpc) is 2.80. The molecule has 6 heteroatoms. The molecule has 0 amide bonds. The number of aryl methyl sites for hydroxylation is 4. The van der Waals surface area contributed by atoms with Crippen molar-refractivity contribution in [2.75, 3.05) is 0 Å². The van der Waals surface area contributed by atoms with Gasteiger partial charge in [-0.3, -0.25) is 9.98 Å². The second kappa shape index (κ2) is 15.8. The van der Waals surface area contributed by atoms with Gasteiger partial charge in [0, 0.05) is 0 Å². The number of pyridine rings is 1. The number of rotatable bonds is 8. The molecule has 0 saturated carbocycles. The molecule has 0 aliphatic rings. The minimum atomic E-state index is 0. The van der Waals surface area contributed by atoms with E-state index in [1.165, 1.54) is 22.3 Å². The fourth-order valence-electron chi connectivity index (χ4n) is 3.64. The molecule has 0 bridgehead atoms. The van der Waals surface area contributed by atoms with Crippen LogP contribution in [0.25, 0.3) is 0 Å². The molecular weight excluding hydrogens is 493 g/mol. The fourth-order valence-corrected chi connectivity index (χ4v) is 3.64. The van der Waals surface area contributed by atoms with Crippen molar-refractivity contribution in [3.8, 4) is 0 Å². The normalized spacial score (nSPS) is 10.5. The molecule has 176 valence electrons. The average molecular weight is 524 g/mol. The number of benzene rings is 2. The summed E-state index contributed by atoms with van der Waals surface area (Å²) in [6.45, 7) is 8.67. The predicted octanol–water partition coefficient (Wildman–Crippen LogP) is 0.838. The first-order valence-corrected chi connectivity index (χ1v) is 11.0. The Hall–Kier alpha value is -1.97. The first-order valence-electron chi connectivity index (χ1n) is 11.0. The molecular formula is C27H31Cl2FeN3. The number of aromatic nitrogens is 1. The van der Waals surface area contributed by atoms with E-state index >= 15 is 0 Å². The summed E-state index contributed by atoms with van der Waals surface area (Å²) in [6.07, 6.45) is 7.61. The standard InChI is InChI=1S/C27H31N3.2ClH.Fe/c1-5-20-12-9-13-21(6-2)26(20)28-18-24-16-11-17-25(30-24)19-29-27-22(7-3)14-10-15-23(27)8-4;;;/h9-19H,5-8H2,1-4H3;2*1H;/q;;;+2/p-2/b28-18+,29-19+;;;. The third-order valence-corrected chi connectivity index (χ3v) is 5.37. The van der Waals surface area contributed by atoms with E-state index in [1.807, 2.05) is 30.6 Å². The minimum Gasteiger partial charge on any atom is -1.00 e. The first kappa shape index (κ1) is 31.0. The van der Waals surface area contributed by atoms with E-state index in [4.69, 9.17) is 15.0 Å². The maximum atomic E-state index is 4.80. The molecule has 1 aromatic heterocycles. The van der Waals surface area contributed by atoms with Crippen LogP contribution in [0.15, 0.2) is 64.6 Å². The van der Waals surface area contributed by atoms with Gasteiger partial charge in [-0.25, -0.2) is 4.98 Å². The number of halogens is 2. The Balaban J connectivity index is 0.00000341. The SMILES string of the molecule is CCc1cccc(CC)c1/N=C/c1cccc(/C=N/c2c(CC)cccc2CC)n1.[Cl-].[Cl-].[Fe+2]. The van der Waals surface area contributed by atoms with Gasteiger partial charge >= 0.3 is 17.1 Å². The van der Waals surface area contributed by atoms with Gasteiger partial charge in [0.25, 0.3) is 0 Å². The molecule has 0 radical (unpaired) electrons. The molecule has 1 heterocycles. The number of nitrogens with zero attached hydrogens (tertiary/aromatic N) is 3. The van der Waals surface area contributed by atoms with Crippen LogP contribution in [0.1, 0.15) is 61.3 Å². The van der Waals surface area contributed by atoms with Crippen LogP contribution >= 0.6 is 0 Å². The van der Waals surface area contributed by atoms with E-state index in [9.17, 15) is 0 Å². The minimum absolute atomic E-state index is 0. The molecule has 0 aliphatic heterocycles. The summed E-state index contributed by atoms with van der Waals surface area (Å²) in [7, 11) is 0. The van der Waals surface area contributed by atoms with Crippen LogP contribution in [0.2, 0.25) is 0 Å². The molecule has 3 aromatic rings. The maximum Gasteiger partial charge on any atom is 2.00 e. The van der Waals surface area contributed by atoms with Crippen molar-refractivity contribution in [3.05, 3.63) is 88.2 Å². The largest absolute Gasteiger partial charge is 2.00 e. The smallest absolute Gasteiger partial charge is 1.00 e. The summed E-state index contributed by atoms with van der Waals surface area (Å²) in [5.74, 6) is 0. The second-order valence-electron chi connectivity index (χ2n) is 7.27. The molecule has 0 N–H and O–H groups in total. The molecule has 2 aromatic carbocycles. The monoisotopic (exact) mass is 523 g/mol. The van der Waals surface area contributed by atoms with Gasteiger partial charge in [-0.15, -0.1) is 0 Å². The van der Waals surface area contributed by atoms with Gasteiger partial charge < -0.3 is 24.8 Å². The number of para-hydroxylation sites is 2. The summed E-state index contributed by atoms with van der Waals surface area (Å²) in [6, 6.07) is 18.8. The summed E-state index contributed by atoms with van der Waals surface area (Å²) in [4.78, 5) is 14.3. The van der Waals surface area contributed by atoms with E-state index < -0.39 is 0 Å². The van der Waals surface area contributed by atoms with E-state index in [-0.39, 0.29) is 41.9 Å². The van der Waals surface area contributed by atoms with E-state index in [1.54, 1.807) is 0 Å². The maximum absolute atomic E-state index is 4.80. The van der Waals surface area contributed by atoms with Crippen molar-refractivity contribution in [3.63, 3.8) is 0 Å². The first-order chi connectivity index (χ1) is 14.7.